The highest BCUT2D eigenvalue weighted by molar-refractivity contribution is 5.94. The first-order chi connectivity index (χ1) is 12.0. The second-order valence-electron chi connectivity index (χ2n) is 6.49. The number of aryl methyl sites for hydroxylation is 1. The van der Waals surface area contributed by atoms with Crippen LogP contribution in [-0.2, 0) is 11.3 Å². The van der Waals surface area contributed by atoms with Crippen molar-refractivity contribution in [1.29, 1.82) is 0 Å². The van der Waals surface area contributed by atoms with E-state index in [1.165, 1.54) is 12.1 Å². The van der Waals surface area contributed by atoms with E-state index in [1.54, 1.807) is 17.9 Å². The lowest BCUT2D eigenvalue weighted by Gasteiger charge is -2.22. The number of hydrogen-bond acceptors (Lipinski definition) is 5. The number of amides is 1. The molecule has 134 valence electrons. The van der Waals surface area contributed by atoms with Crippen LogP contribution in [0.4, 0.5) is 4.39 Å². The van der Waals surface area contributed by atoms with Gasteiger partial charge in [-0.2, -0.15) is 4.98 Å². The van der Waals surface area contributed by atoms with Gasteiger partial charge in [-0.15, -0.1) is 0 Å². The summed E-state index contributed by atoms with van der Waals surface area (Å²) in [6.07, 6.45) is 1.65. The molecule has 2 heterocycles. The van der Waals surface area contributed by atoms with Gasteiger partial charge >= 0.3 is 0 Å². The van der Waals surface area contributed by atoms with Gasteiger partial charge in [0, 0.05) is 24.6 Å². The third-order valence-electron chi connectivity index (χ3n) is 4.22. The zero-order valence-electron chi connectivity index (χ0n) is 14.7. The van der Waals surface area contributed by atoms with Gasteiger partial charge < -0.3 is 14.2 Å². The normalized spacial score (nSPS) is 17.5. The quantitative estimate of drug-likeness (QED) is 0.829. The van der Waals surface area contributed by atoms with Crippen molar-refractivity contribution < 1.29 is 18.4 Å². The Hall–Kier alpha value is -2.28. The largest absolute Gasteiger partial charge is 0.374 e. The van der Waals surface area contributed by atoms with E-state index in [0.717, 1.165) is 12.8 Å². The number of nitrogens with zero attached hydrogens (tertiary/aromatic N) is 3. The zero-order chi connectivity index (χ0) is 18.0. The minimum Gasteiger partial charge on any atom is -0.374 e. The van der Waals surface area contributed by atoms with Crippen molar-refractivity contribution in [3.63, 3.8) is 0 Å². The molecule has 1 fully saturated rings. The molecule has 1 atom stereocenters. The summed E-state index contributed by atoms with van der Waals surface area (Å²) < 4.78 is 24.5. The Morgan fingerprint density at radius 1 is 1.48 bits per heavy atom. The molecule has 2 aromatic rings. The molecule has 0 bridgehead atoms. The van der Waals surface area contributed by atoms with Crippen LogP contribution < -0.4 is 0 Å². The molecular weight excluding hydrogens is 325 g/mol. The Balaban J connectivity index is 1.81. The van der Waals surface area contributed by atoms with Crippen LogP contribution in [0, 0.1) is 12.7 Å². The molecule has 6 nitrogen and oxygen atoms in total. The van der Waals surface area contributed by atoms with Crippen LogP contribution in [-0.4, -0.2) is 33.6 Å². The summed E-state index contributed by atoms with van der Waals surface area (Å²) in [6, 6.07) is 4.19. The molecule has 0 saturated carbocycles. The molecule has 3 rings (SSSR count). The van der Waals surface area contributed by atoms with Crippen molar-refractivity contribution in [2.75, 3.05) is 6.54 Å². The van der Waals surface area contributed by atoms with Crippen molar-refractivity contribution in [1.82, 2.24) is 15.0 Å². The number of likely N-dealkylation sites (tertiary alicyclic amines) is 1. The highest BCUT2D eigenvalue weighted by Gasteiger charge is 2.33. The van der Waals surface area contributed by atoms with Gasteiger partial charge in [0.05, 0.1) is 18.8 Å². The van der Waals surface area contributed by atoms with E-state index in [-0.39, 0.29) is 30.5 Å². The lowest BCUT2D eigenvalue weighted by Crippen LogP contribution is -2.31. The van der Waals surface area contributed by atoms with Crippen LogP contribution in [0.3, 0.4) is 0 Å². The number of hydrogen-bond donors (Lipinski definition) is 0. The molecule has 0 spiro atoms. The predicted octanol–water partition coefficient (Wildman–Crippen LogP) is 3.42. The fraction of sp³-hybridized carbons (Fsp3) is 0.500. The SMILES string of the molecule is Cc1nc([C@@H]2CCCN2C(=O)c2ccc(F)c(COC(C)C)c2)no1. The highest BCUT2D eigenvalue weighted by Crippen LogP contribution is 2.31. The van der Waals surface area contributed by atoms with Crippen LogP contribution in [0.15, 0.2) is 22.7 Å². The van der Waals surface area contributed by atoms with Gasteiger partial charge in [0.1, 0.15) is 5.82 Å². The van der Waals surface area contributed by atoms with Crippen molar-refractivity contribution in [3.8, 4) is 0 Å². The lowest BCUT2D eigenvalue weighted by atomic mass is 10.1. The number of halogens is 1. The molecule has 0 aliphatic carbocycles. The van der Waals surface area contributed by atoms with Crippen LogP contribution >= 0.6 is 0 Å². The van der Waals surface area contributed by atoms with E-state index in [9.17, 15) is 9.18 Å². The average Bonchev–Trinajstić information content (AvgIpc) is 3.21. The van der Waals surface area contributed by atoms with Crippen LogP contribution in [0.2, 0.25) is 0 Å². The van der Waals surface area contributed by atoms with E-state index < -0.39 is 0 Å². The smallest absolute Gasteiger partial charge is 0.254 e. The fourth-order valence-corrected chi connectivity index (χ4v) is 2.97. The van der Waals surface area contributed by atoms with Gasteiger partial charge in [-0.25, -0.2) is 4.39 Å². The number of ether oxygens (including phenoxy) is 1. The first kappa shape index (κ1) is 17.5. The molecule has 0 unspecified atom stereocenters. The molecule has 1 saturated heterocycles. The van der Waals surface area contributed by atoms with E-state index in [1.807, 2.05) is 13.8 Å². The minimum absolute atomic E-state index is 0.0109. The molecule has 0 N–H and O–H groups in total. The van der Waals surface area contributed by atoms with Crippen LogP contribution in [0.1, 0.15) is 60.4 Å². The molecule has 25 heavy (non-hydrogen) atoms. The average molecular weight is 347 g/mol. The van der Waals surface area contributed by atoms with Crippen molar-refractivity contribution >= 4 is 5.91 Å². The lowest BCUT2D eigenvalue weighted by molar-refractivity contribution is 0.0637. The Bertz CT molecular complexity index is 760. The maximum Gasteiger partial charge on any atom is 0.254 e. The molecule has 1 aromatic carbocycles. The number of rotatable bonds is 5. The summed E-state index contributed by atoms with van der Waals surface area (Å²) in [7, 11) is 0. The molecule has 1 aromatic heterocycles. The maximum absolute atomic E-state index is 14.0. The summed E-state index contributed by atoms with van der Waals surface area (Å²) in [5.74, 6) is 0.470. The number of carbonyl (C=O) groups excluding carboxylic acids is 1. The summed E-state index contributed by atoms with van der Waals surface area (Å²) in [5, 5.41) is 3.94. The van der Waals surface area contributed by atoms with E-state index in [4.69, 9.17) is 9.26 Å². The Morgan fingerprint density at radius 2 is 2.28 bits per heavy atom. The Morgan fingerprint density at radius 3 is 2.96 bits per heavy atom. The minimum atomic E-state index is -0.371. The Labute approximate surface area is 146 Å². The van der Waals surface area contributed by atoms with Crippen LogP contribution in [0.5, 0.6) is 0 Å². The molecular formula is C18H22FN3O3. The fourth-order valence-electron chi connectivity index (χ4n) is 2.97. The van der Waals surface area contributed by atoms with Crippen LogP contribution in [0.25, 0.3) is 0 Å². The summed E-state index contributed by atoms with van der Waals surface area (Å²) in [4.78, 5) is 18.9. The zero-order valence-corrected chi connectivity index (χ0v) is 14.7. The maximum atomic E-state index is 14.0. The standard InChI is InChI=1S/C18H22FN3O3/c1-11(2)24-10-14-9-13(6-7-15(14)19)18(23)22-8-4-5-16(22)17-20-12(3)25-21-17/h6-7,9,11,16H,4-5,8,10H2,1-3H3/t16-/m0/s1. The topological polar surface area (TPSA) is 68.5 Å². The van der Waals surface area contributed by atoms with E-state index in [0.29, 0.717) is 29.4 Å². The molecule has 1 aliphatic rings. The number of aromatic nitrogens is 2. The Kier molecular flexibility index (Phi) is 5.13. The van der Waals surface area contributed by atoms with Gasteiger partial charge in [-0.1, -0.05) is 5.16 Å². The molecule has 1 aliphatic heterocycles. The number of carbonyl (C=O) groups is 1. The van der Waals surface area contributed by atoms with E-state index >= 15 is 0 Å². The second-order valence-corrected chi connectivity index (χ2v) is 6.49. The van der Waals surface area contributed by atoms with Crippen molar-refractivity contribution in [3.05, 3.63) is 46.9 Å². The van der Waals surface area contributed by atoms with E-state index in [2.05, 4.69) is 10.1 Å². The van der Waals surface area contributed by atoms with Gasteiger partial charge in [0.15, 0.2) is 5.82 Å². The van der Waals surface area contributed by atoms with Gasteiger partial charge in [-0.3, -0.25) is 4.79 Å². The highest BCUT2D eigenvalue weighted by atomic mass is 19.1. The number of benzene rings is 1. The molecule has 7 heteroatoms. The monoisotopic (exact) mass is 347 g/mol. The first-order valence-electron chi connectivity index (χ1n) is 8.47. The third kappa shape index (κ3) is 3.87. The third-order valence-corrected chi connectivity index (χ3v) is 4.22. The van der Waals surface area contributed by atoms with Crippen molar-refractivity contribution in [2.45, 2.75) is 52.4 Å². The van der Waals surface area contributed by atoms with Gasteiger partial charge in [0.25, 0.3) is 5.91 Å². The predicted molar refractivity (Wildman–Crippen MR) is 88.4 cm³/mol. The summed E-state index contributed by atoms with van der Waals surface area (Å²) >= 11 is 0. The molecule has 0 radical (unpaired) electrons. The van der Waals surface area contributed by atoms with Gasteiger partial charge in [0.2, 0.25) is 5.89 Å². The van der Waals surface area contributed by atoms with Crippen molar-refractivity contribution in [2.24, 2.45) is 0 Å². The summed E-state index contributed by atoms with van der Waals surface area (Å²) in [6.45, 7) is 6.24. The van der Waals surface area contributed by atoms with Gasteiger partial charge in [-0.05, 0) is 44.9 Å². The molecule has 1 amide bonds. The summed E-state index contributed by atoms with van der Waals surface area (Å²) in [5.41, 5.74) is 0.821. The second kappa shape index (κ2) is 7.31. The first-order valence-corrected chi connectivity index (χ1v) is 8.47.